The van der Waals surface area contributed by atoms with Crippen molar-refractivity contribution in [2.75, 3.05) is 36.1 Å². The molecule has 0 saturated carbocycles. The Morgan fingerprint density at radius 1 is 1.10 bits per heavy atom. The number of rotatable bonds is 7. The number of sulfonamides is 1. The smallest absolute Gasteiger partial charge is 0.255 e. The summed E-state index contributed by atoms with van der Waals surface area (Å²) >= 11 is 0. The lowest BCUT2D eigenvalue weighted by Gasteiger charge is -2.17. The third-order valence-electron chi connectivity index (χ3n) is 4.92. The molecule has 3 rings (SSSR count). The van der Waals surface area contributed by atoms with E-state index in [0.717, 1.165) is 23.4 Å². The third-order valence-corrected chi connectivity index (χ3v) is 6.13. The van der Waals surface area contributed by atoms with Gasteiger partial charge in [0.2, 0.25) is 10.0 Å². The second kappa shape index (κ2) is 9.27. The summed E-state index contributed by atoms with van der Waals surface area (Å²) in [6, 6.07) is 12.9. The number of carbonyl (C=O) groups is 2. The van der Waals surface area contributed by atoms with Crippen molar-refractivity contribution in [1.82, 2.24) is 5.32 Å². The van der Waals surface area contributed by atoms with Gasteiger partial charge in [0.05, 0.1) is 29.3 Å². The van der Waals surface area contributed by atoms with E-state index in [9.17, 15) is 18.0 Å². The Morgan fingerprint density at radius 2 is 1.80 bits per heavy atom. The number of anilines is 2. The monoisotopic (exact) mass is 431 g/mol. The van der Waals surface area contributed by atoms with E-state index in [4.69, 9.17) is 4.74 Å². The first kappa shape index (κ1) is 21.8. The van der Waals surface area contributed by atoms with Crippen LogP contribution in [0.15, 0.2) is 48.5 Å². The topological polar surface area (TPSA) is 105 Å². The van der Waals surface area contributed by atoms with Crippen LogP contribution in [0, 0.1) is 0 Å². The third kappa shape index (κ3) is 5.37. The average molecular weight is 432 g/mol. The largest absolute Gasteiger partial charge is 0.376 e. The van der Waals surface area contributed by atoms with Gasteiger partial charge in [-0.1, -0.05) is 12.1 Å². The minimum atomic E-state index is -3.39. The molecule has 30 heavy (non-hydrogen) atoms. The van der Waals surface area contributed by atoms with Crippen LogP contribution in [0.25, 0.3) is 0 Å². The molecule has 9 heteroatoms. The zero-order valence-corrected chi connectivity index (χ0v) is 17.7. The Morgan fingerprint density at radius 3 is 2.43 bits per heavy atom. The SMILES string of the molecule is CN(c1ccc(C(=O)Nc2ccccc2C(=O)NC[C@H]2CCCO2)cc1)S(C)(=O)=O. The van der Waals surface area contributed by atoms with Crippen LogP contribution >= 0.6 is 0 Å². The van der Waals surface area contributed by atoms with Gasteiger partial charge in [0, 0.05) is 25.8 Å². The fraction of sp³-hybridized carbons (Fsp3) is 0.333. The van der Waals surface area contributed by atoms with Crippen LogP contribution in [0.3, 0.4) is 0 Å². The van der Waals surface area contributed by atoms with Crippen LogP contribution in [-0.4, -0.2) is 52.8 Å². The molecule has 0 aliphatic carbocycles. The Kier molecular flexibility index (Phi) is 6.73. The van der Waals surface area contributed by atoms with Crippen LogP contribution in [0.2, 0.25) is 0 Å². The highest BCUT2D eigenvalue weighted by Gasteiger charge is 2.19. The van der Waals surface area contributed by atoms with Gasteiger partial charge in [0.25, 0.3) is 11.8 Å². The summed E-state index contributed by atoms with van der Waals surface area (Å²) in [5.41, 5.74) is 1.54. The Labute approximate surface area is 176 Å². The quantitative estimate of drug-likeness (QED) is 0.700. The summed E-state index contributed by atoms with van der Waals surface area (Å²) in [6.45, 7) is 1.14. The van der Waals surface area contributed by atoms with Crippen LogP contribution < -0.4 is 14.9 Å². The lowest BCUT2D eigenvalue weighted by molar-refractivity contribution is 0.0858. The number of carbonyl (C=O) groups excluding carboxylic acids is 2. The van der Waals surface area contributed by atoms with Crippen molar-refractivity contribution in [3.63, 3.8) is 0 Å². The van der Waals surface area contributed by atoms with Gasteiger partial charge >= 0.3 is 0 Å². The van der Waals surface area contributed by atoms with Gasteiger partial charge in [0.15, 0.2) is 0 Å². The molecule has 0 unspecified atom stereocenters. The molecular weight excluding hydrogens is 406 g/mol. The van der Waals surface area contributed by atoms with E-state index in [1.54, 1.807) is 36.4 Å². The van der Waals surface area contributed by atoms with Gasteiger partial charge < -0.3 is 15.4 Å². The number of nitrogens with zero attached hydrogens (tertiary/aromatic N) is 1. The summed E-state index contributed by atoms with van der Waals surface area (Å²) in [5.74, 6) is -0.686. The summed E-state index contributed by atoms with van der Waals surface area (Å²) in [7, 11) is -1.94. The van der Waals surface area contributed by atoms with E-state index in [0.29, 0.717) is 35.7 Å². The van der Waals surface area contributed by atoms with E-state index in [1.807, 2.05) is 0 Å². The molecule has 1 aliphatic heterocycles. The molecule has 8 nitrogen and oxygen atoms in total. The van der Waals surface area contributed by atoms with Gasteiger partial charge in [-0.3, -0.25) is 13.9 Å². The van der Waals surface area contributed by atoms with Crippen molar-refractivity contribution < 1.29 is 22.7 Å². The van der Waals surface area contributed by atoms with Crippen LogP contribution in [0.4, 0.5) is 11.4 Å². The normalized spacial score (nSPS) is 16.1. The maximum Gasteiger partial charge on any atom is 0.255 e. The molecule has 160 valence electrons. The van der Waals surface area contributed by atoms with Gasteiger partial charge in [0.1, 0.15) is 0 Å². The molecule has 1 heterocycles. The highest BCUT2D eigenvalue weighted by molar-refractivity contribution is 7.92. The number of hydrogen-bond donors (Lipinski definition) is 2. The molecule has 0 radical (unpaired) electrons. The van der Waals surface area contributed by atoms with Crippen molar-refractivity contribution in [2.45, 2.75) is 18.9 Å². The lowest BCUT2D eigenvalue weighted by Crippen LogP contribution is -2.32. The summed E-state index contributed by atoms with van der Waals surface area (Å²) in [4.78, 5) is 25.2. The summed E-state index contributed by atoms with van der Waals surface area (Å²) in [5, 5.41) is 5.60. The highest BCUT2D eigenvalue weighted by atomic mass is 32.2. The molecule has 2 N–H and O–H groups in total. The highest BCUT2D eigenvalue weighted by Crippen LogP contribution is 2.19. The minimum absolute atomic E-state index is 0.0271. The average Bonchev–Trinajstić information content (AvgIpc) is 3.25. The van der Waals surface area contributed by atoms with Gasteiger partial charge in [-0.05, 0) is 49.2 Å². The van der Waals surface area contributed by atoms with E-state index in [-0.39, 0.29) is 12.0 Å². The van der Waals surface area contributed by atoms with Gasteiger partial charge in [-0.25, -0.2) is 8.42 Å². The number of amides is 2. The zero-order chi connectivity index (χ0) is 21.7. The number of benzene rings is 2. The fourth-order valence-corrected chi connectivity index (χ4v) is 3.61. The Bertz CT molecular complexity index is 1020. The van der Waals surface area contributed by atoms with Gasteiger partial charge in [-0.15, -0.1) is 0 Å². The maximum atomic E-state index is 12.6. The number of hydrogen-bond acceptors (Lipinski definition) is 5. The molecule has 2 aromatic carbocycles. The first-order valence-electron chi connectivity index (χ1n) is 9.60. The lowest BCUT2D eigenvalue weighted by atomic mass is 10.1. The minimum Gasteiger partial charge on any atom is -0.376 e. The maximum absolute atomic E-state index is 12.6. The van der Waals surface area contributed by atoms with E-state index in [1.165, 1.54) is 19.2 Å². The fourth-order valence-electron chi connectivity index (χ4n) is 3.11. The summed E-state index contributed by atoms with van der Waals surface area (Å²) in [6.07, 6.45) is 3.04. The van der Waals surface area contributed by atoms with Gasteiger partial charge in [-0.2, -0.15) is 0 Å². The van der Waals surface area contributed by atoms with Crippen molar-refractivity contribution in [3.05, 3.63) is 59.7 Å². The standard InChI is InChI=1S/C21H25N3O5S/c1-24(30(2,27)28)16-11-9-15(10-12-16)20(25)23-19-8-4-3-7-18(19)21(26)22-14-17-6-5-13-29-17/h3-4,7-12,17H,5-6,13-14H2,1-2H3,(H,22,26)(H,23,25)/t17-/m1/s1. The number of para-hydroxylation sites is 1. The first-order valence-corrected chi connectivity index (χ1v) is 11.4. The predicted molar refractivity (Wildman–Crippen MR) is 115 cm³/mol. The molecule has 2 aromatic rings. The van der Waals surface area contributed by atoms with Crippen molar-refractivity contribution in [1.29, 1.82) is 0 Å². The number of nitrogens with one attached hydrogen (secondary N) is 2. The van der Waals surface area contributed by atoms with Crippen LogP contribution in [0.1, 0.15) is 33.6 Å². The number of ether oxygens (including phenoxy) is 1. The zero-order valence-electron chi connectivity index (χ0n) is 16.9. The molecule has 0 bridgehead atoms. The molecule has 0 aromatic heterocycles. The summed E-state index contributed by atoms with van der Waals surface area (Å²) < 4.78 is 29.9. The van der Waals surface area contributed by atoms with E-state index < -0.39 is 15.9 Å². The second-order valence-corrected chi connectivity index (χ2v) is 9.14. The Hall–Kier alpha value is -2.91. The molecule has 1 aliphatic rings. The van der Waals surface area contributed by atoms with E-state index >= 15 is 0 Å². The molecule has 0 spiro atoms. The van der Waals surface area contributed by atoms with Crippen molar-refractivity contribution in [3.8, 4) is 0 Å². The molecule has 1 saturated heterocycles. The van der Waals surface area contributed by atoms with Crippen molar-refractivity contribution in [2.24, 2.45) is 0 Å². The molecule has 1 atom stereocenters. The van der Waals surface area contributed by atoms with E-state index in [2.05, 4.69) is 10.6 Å². The van der Waals surface area contributed by atoms with Crippen LogP contribution in [0.5, 0.6) is 0 Å². The molecule has 2 amide bonds. The first-order chi connectivity index (χ1) is 14.3. The molecule has 1 fully saturated rings. The van der Waals surface area contributed by atoms with Crippen molar-refractivity contribution >= 4 is 33.2 Å². The second-order valence-electron chi connectivity index (χ2n) is 7.12. The Balaban J connectivity index is 1.68. The van der Waals surface area contributed by atoms with Crippen LogP contribution in [-0.2, 0) is 14.8 Å². The molecular formula is C21H25N3O5S. The predicted octanol–water partition coefficient (Wildman–Crippen LogP) is 2.24.